The van der Waals surface area contributed by atoms with Crippen LogP contribution in [-0.4, -0.2) is 23.5 Å². The van der Waals surface area contributed by atoms with Gasteiger partial charge in [0, 0.05) is 29.8 Å². The number of ether oxygens (including phenoxy) is 1. The number of carbonyl (C=O) groups excluding carboxylic acids is 2. The van der Waals surface area contributed by atoms with Gasteiger partial charge < -0.3 is 15.4 Å². The van der Waals surface area contributed by atoms with Gasteiger partial charge in [0.05, 0.1) is 11.1 Å². The molecule has 0 aliphatic rings. The van der Waals surface area contributed by atoms with Gasteiger partial charge in [-0.15, -0.1) is 0 Å². The van der Waals surface area contributed by atoms with Gasteiger partial charge in [0.15, 0.2) is 5.11 Å². The van der Waals surface area contributed by atoms with Crippen LogP contribution in [0.1, 0.15) is 31.8 Å². The fourth-order valence-electron chi connectivity index (χ4n) is 3.64. The van der Waals surface area contributed by atoms with Crippen molar-refractivity contribution in [2.75, 3.05) is 11.9 Å². The number of rotatable bonds is 9. The minimum absolute atomic E-state index is 0.121. The zero-order valence-electron chi connectivity index (χ0n) is 20.4. The van der Waals surface area contributed by atoms with Crippen molar-refractivity contribution in [1.29, 1.82) is 0 Å². The summed E-state index contributed by atoms with van der Waals surface area (Å²) in [5.41, 5.74) is 3.69. The minimum atomic E-state index is -0.365. The topological polar surface area (TPSA) is 79.5 Å². The van der Waals surface area contributed by atoms with Crippen LogP contribution < -0.4 is 20.7 Å². The number of halogens is 1. The van der Waals surface area contributed by atoms with E-state index >= 15 is 0 Å². The van der Waals surface area contributed by atoms with Crippen molar-refractivity contribution in [2.45, 2.75) is 13.0 Å². The van der Waals surface area contributed by atoms with Gasteiger partial charge in [-0.3, -0.25) is 14.9 Å². The van der Waals surface area contributed by atoms with Crippen LogP contribution in [0, 0.1) is 0 Å². The van der Waals surface area contributed by atoms with Gasteiger partial charge in [-0.05, 0) is 75.7 Å². The molecule has 6 nitrogen and oxygen atoms in total. The molecule has 0 saturated heterocycles. The van der Waals surface area contributed by atoms with Gasteiger partial charge in [-0.25, -0.2) is 0 Å². The Morgan fingerprint density at radius 2 is 1.45 bits per heavy atom. The highest BCUT2D eigenvalue weighted by Crippen LogP contribution is 2.26. The lowest BCUT2D eigenvalue weighted by Gasteiger charge is -2.12. The highest BCUT2D eigenvalue weighted by molar-refractivity contribution is 9.10. The largest absolute Gasteiger partial charge is 0.492 e. The molecular weight excluding hydrogens is 562 g/mol. The lowest BCUT2D eigenvalue weighted by molar-refractivity contribution is 0.0948. The number of anilines is 1. The summed E-state index contributed by atoms with van der Waals surface area (Å²) in [7, 11) is 0. The fourth-order valence-corrected chi connectivity index (χ4v) is 4.34. The smallest absolute Gasteiger partial charge is 0.257 e. The van der Waals surface area contributed by atoms with Crippen molar-refractivity contribution >= 4 is 50.8 Å². The maximum absolute atomic E-state index is 12.7. The monoisotopic (exact) mass is 587 g/mol. The van der Waals surface area contributed by atoms with Crippen molar-refractivity contribution in [2.24, 2.45) is 0 Å². The van der Waals surface area contributed by atoms with E-state index in [1.54, 1.807) is 42.5 Å². The Kier molecular flexibility index (Phi) is 9.61. The Morgan fingerprint density at radius 3 is 2.16 bits per heavy atom. The molecule has 4 rings (SSSR count). The predicted molar refractivity (Wildman–Crippen MR) is 158 cm³/mol. The summed E-state index contributed by atoms with van der Waals surface area (Å²) in [6.45, 7) is 0.948. The zero-order chi connectivity index (χ0) is 26.7. The molecule has 0 heterocycles. The van der Waals surface area contributed by atoms with E-state index in [9.17, 15) is 9.59 Å². The molecule has 38 heavy (non-hydrogen) atoms. The normalized spacial score (nSPS) is 10.3. The molecule has 0 aromatic heterocycles. The second kappa shape index (κ2) is 13.5. The van der Waals surface area contributed by atoms with Crippen LogP contribution in [0.15, 0.2) is 108 Å². The average Bonchev–Trinajstić information content (AvgIpc) is 2.93. The van der Waals surface area contributed by atoms with Crippen LogP contribution in [0.25, 0.3) is 0 Å². The summed E-state index contributed by atoms with van der Waals surface area (Å²) < 4.78 is 6.53. The number of nitrogens with one attached hydrogen (secondary N) is 3. The molecule has 192 valence electrons. The standard InChI is InChI=1S/C30H26BrN3O3S/c31-26-19-24(14-15-27(26)37-17-16-21-8-3-1-4-9-21)29(36)34-30(38)33-25-13-7-12-23(18-25)28(35)32-20-22-10-5-2-6-11-22/h1-15,18-19H,16-17,20H2,(H,32,35)(H2,33,34,36,38). The maximum atomic E-state index is 12.7. The third-order valence-corrected chi connectivity index (χ3v) is 6.41. The molecule has 0 fully saturated rings. The molecule has 0 aliphatic heterocycles. The van der Waals surface area contributed by atoms with Gasteiger partial charge in [0.2, 0.25) is 0 Å². The van der Waals surface area contributed by atoms with E-state index in [0.29, 0.717) is 40.2 Å². The molecule has 0 aliphatic carbocycles. The first-order chi connectivity index (χ1) is 18.5. The Hall–Kier alpha value is -4.01. The molecular formula is C30H26BrN3O3S. The van der Waals surface area contributed by atoms with Crippen molar-refractivity contribution in [3.8, 4) is 5.75 Å². The van der Waals surface area contributed by atoms with Crippen LogP contribution >= 0.6 is 28.1 Å². The van der Waals surface area contributed by atoms with E-state index in [4.69, 9.17) is 17.0 Å². The Bertz CT molecular complexity index is 1410. The number of carbonyl (C=O) groups is 2. The zero-order valence-corrected chi connectivity index (χ0v) is 22.8. The van der Waals surface area contributed by atoms with E-state index in [-0.39, 0.29) is 16.9 Å². The van der Waals surface area contributed by atoms with Gasteiger partial charge >= 0.3 is 0 Å². The van der Waals surface area contributed by atoms with Crippen LogP contribution in [0.5, 0.6) is 5.75 Å². The molecule has 0 spiro atoms. The lowest BCUT2D eigenvalue weighted by atomic mass is 10.1. The van der Waals surface area contributed by atoms with Crippen molar-refractivity contribution in [3.63, 3.8) is 0 Å². The molecule has 4 aromatic carbocycles. The quantitative estimate of drug-likeness (QED) is 0.205. The van der Waals surface area contributed by atoms with Crippen molar-refractivity contribution in [3.05, 3.63) is 130 Å². The Labute approximate surface area is 235 Å². The first-order valence-corrected chi connectivity index (χ1v) is 13.2. The molecule has 2 amide bonds. The van der Waals surface area contributed by atoms with E-state index in [1.165, 1.54) is 5.56 Å². The van der Waals surface area contributed by atoms with E-state index in [2.05, 4.69) is 44.0 Å². The second-order valence-electron chi connectivity index (χ2n) is 8.39. The first kappa shape index (κ1) is 27.0. The lowest BCUT2D eigenvalue weighted by Crippen LogP contribution is -2.34. The third-order valence-electron chi connectivity index (χ3n) is 5.59. The summed E-state index contributed by atoms with van der Waals surface area (Å²) in [5, 5.41) is 8.65. The van der Waals surface area contributed by atoms with Crippen LogP contribution in [0.4, 0.5) is 5.69 Å². The SMILES string of the molecule is O=C(NCc1ccccc1)c1cccc(NC(=S)NC(=O)c2ccc(OCCc3ccccc3)c(Br)c2)c1. The summed E-state index contributed by atoms with van der Waals surface area (Å²) in [6, 6.07) is 31.8. The van der Waals surface area contributed by atoms with Crippen LogP contribution in [0.2, 0.25) is 0 Å². The maximum Gasteiger partial charge on any atom is 0.257 e. The average molecular weight is 589 g/mol. The molecule has 3 N–H and O–H groups in total. The summed E-state index contributed by atoms with van der Waals surface area (Å²) in [6.07, 6.45) is 0.783. The van der Waals surface area contributed by atoms with Crippen molar-refractivity contribution in [1.82, 2.24) is 10.6 Å². The molecule has 0 bridgehead atoms. The molecule has 0 radical (unpaired) electrons. The molecule has 0 unspecified atom stereocenters. The van der Waals surface area contributed by atoms with E-state index < -0.39 is 0 Å². The molecule has 8 heteroatoms. The van der Waals surface area contributed by atoms with Gasteiger partial charge in [0.1, 0.15) is 5.75 Å². The van der Waals surface area contributed by atoms with Crippen LogP contribution in [-0.2, 0) is 13.0 Å². The summed E-state index contributed by atoms with van der Waals surface area (Å²) >= 11 is 8.80. The Morgan fingerprint density at radius 1 is 0.763 bits per heavy atom. The van der Waals surface area contributed by atoms with E-state index in [1.807, 2.05) is 48.5 Å². The highest BCUT2D eigenvalue weighted by atomic mass is 79.9. The number of amides is 2. The summed E-state index contributed by atoms with van der Waals surface area (Å²) in [5.74, 6) is 0.0831. The first-order valence-electron chi connectivity index (χ1n) is 12.0. The second-order valence-corrected chi connectivity index (χ2v) is 9.65. The van der Waals surface area contributed by atoms with Gasteiger partial charge in [0.25, 0.3) is 11.8 Å². The Balaban J connectivity index is 1.28. The molecule has 0 atom stereocenters. The van der Waals surface area contributed by atoms with Gasteiger partial charge in [-0.1, -0.05) is 66.7 Å². The minimum Gasteiger partial charge on any atom is -0.492 e. The number of hydrogen-bond donors (Lipinski definition) is 3. The molecule has 4 aromatic rings. The fraction of sp³-hybridized carbons (Fsp3) is 0.100. The third kappa shape index (κ3) is 7.99. The number of hydrogen-bond acceptors (Lipinski definition) is 4. The number of benzene rings is 4. The predicted octanol–water partition coefficient (Wildman–Crippen LogP) is 6.13. The highest BCUT2D eigenvalue weighted by Gasteiger charge is 2.12. The molecule has 0 saturated carbocycles. The number of thiocarbonyl (C=S) groups is 1. The van der Waals surface area contributed by atoms with Gasteiger partial charge in [-0.2, -0.15) is 0 Å². The van der Waals surface area contributed by atoms with Crippen molar-refractivity contribution < 1.29 is 14.3 Å². The van der Waals surface area contributed by atoms with E-state index in [0.717, 1.165) is 12.0 Å². The summed E-state index contributed by atoms with van der Waals surface area (Å²) in [4.78, 5) is 25.3. The van der Waals surface area contributed by atoms with Crippen LogP contribution in [0.3, 0.4) is 0 Å².